The van der Waals surface area contributed by atoms with E-state index in [1.165, 1.54) is 0 Å². The van der Waals surface area contributed by atoms with Crippen LogP contribution in [0.15, 0.2) is 24.5 Å². The van der Waals surface area contributed by atoms with E-state index in [4.69, 9.17) is 5.26 Å². The third-order valence-corrected chi connectivity index (χ3v) is 5.92. The molecule has 2 aliphatic rings. The van der Waals surface area contributed by atoms with Gasteiger partial charge in [0.25, 0.3) is 0 Å². The van der Waals surface area contributed by atoms with Gasteiger partial charge in [0.05, 0.1) is 24.2 Å². The van der Waals surface area contributed by atoms with Crippen molar-refractivity contribution in [2.24, 2.45) is 0 Å². The monoisotopic (exact) mass is 453 g/mol. The Morgan fingerprint density at radius 2 is 2.03 bits per heavy atom. The summed E-state index contributed by atoms with van der Waals surface area (Å²) in [4.78, 5) is 31.0. The largest absolute Gasteiger partial charge is 0.363 e. The van der Waals surface area contributed by atoms with Crippen LogP contribution in [0.2, 0.25) is 0 Å². The summed E-state index contributed by atoms with van der Waals surface area (Å²) >= 11 is 0. The number of nitrogens with one attached hydrogen (secondary N) is 2. The van der Waals surface area contributed by atoms with Gasteiger partial charge in [-0.05, 0) is 32.0 Å². The molecule has 2 aromatic rings. The highest BCUT2D eigenvalue weighted by molar-refractivity contribution is 5.78. The maximum Gasteiger partial charge on any atom is 0.236 e. The molecule has 2 aromatic heterocycles. The summed E-state index contributed by atoms with van der Waals surface area (Å²) in [5, 5.41) is 14.9. The number of anilines is 4. The Labute approximate surface area is 192 Å². The number of hydrogen-bond donors (Lipinski definition) is 2. The van der Waals surface area contributed by atoms with E-state index in [0.29, 0.717) is 18.8 Å². The number of aromatic nitrogens is 3. The molecule has 0 saturated carbocycles. The van der Waals surface area contributed by atoms with Gasteiger partial charge >= 0.3 is 0 Å². The van der Waals surface area contributed by atoms with Gasteiger partial charge < -0.3 is 25.3 Å². The van der Waals surface area contributed by atoms with Gasteiger partial charge in [0.1, 0.15) is 12.2 Å². The average Bonchev–Trinajstić information content (AvgIpc) is 2.83. The second-order valence-corrected chi connectivity index (χ2v) is 8.37. The molecule has 2 N–H and O–H groups in total. The van der Waals surface area contributed by atoms with Crippen molar-refractivity contribution in [1.29, 1.82) is 5.26 Å². The van der Waals surface area contributed by atoms with Crippen LogP contribution in [0, 0.1) is 17.1 Å². The normalized spacial score (nSPS) is 19.1. The van der Waals surface area contributed by atoms with Crippen LogP contribution in [0.4, 0.5) is 27.7 Å². The van der Waals surface area contributed by atoms with Gasteiger partial charge in [-0.25, -0.2) is 14.4 Å². The minimum atomic E-state index is -0.565. The van der Waals surface area contributed by atoms with Gasteiger partial charge in [0, 0.05) is 45.3 Å². The quantitative estimate of drug-likeness (QED) is 0.676. The molecule has 0 aliphatic carbocycles. The molecule has 2 aliphatic heterocycles. The highest BCUT2D eigenvalue weighted by Gasteiger charge is 2.24. The maximum atomic E-state index is 14.4. The summed E-state index contributed by atoms with van der Waals surface area (Å²) in [5.74, 6) is 0.478. The predicted octanol–water partition coefficient (Wildman–Crippen LogP) is 1.82. The third kappa shape index (κ3) is 5.84. The number of likely N-dealkylation sites (tertiary alicyclic amines) is 1. The molecule has 10 nitrogen and oxygen atoms in total. The molecule has 0 aromatic carbocycles. The molecule has 0 bridgehead atoms. The third-order valence-electron chi connectivity index (χ3n) is 5.92. The first-order valence-electron chi connectivity index (χ1n) is 11.1. The van der Waals surface area contributed by atoms with E-state index in [-0.39, 0.29) is 30.1 Å². The van der Waals surface area contributed by atoms with Crippen LogP contribution in [0.3, 0.4) is 0 Å². The first kappa shape index (κ1) is 22.7. The highest BCUT2D eigenvalue weighted by Crippen LogP contribution is 2.21. The smallest absolute Gasteiger partial charge is 0.236 e. The number of piperidine rings is 1. The molecule has 174 valence electrons. The van der Waals surface area contributed by atoms with E-state index in [1.54, 1.807) is 11.1 Å². The first-order chi connectivity index (χ1) is 16.0. The van der Waals surface area contributed by atoms with Gasteiger partial charge in [0.2, 0.25) is 11.9 Å². The molecular weight excluding hydrogens is 425 g/mol. The van der Waals surface area contributed by atoms with Gasteiger partial charge in [-0.2, -0.15) is 10.2 Å². The van der Waals surface area contributed by atoms with Crippen LogP contribution in [-0.4, -0.2) is 83.0 Å². The number of rotatable bonds is 6. The number of hydrogen-bond acceptors (Lipinski definition) is 9. The maximum absolute atomic E-state index is 14.4. The Balaban J connectivity index is 1.38. The van der Waals surface area contributed by atoms with Gasteiger partial charge in [0.15, 0.2) is 11.6 Å². The van der Waals surface area contributed by atoms with E-state index in [0.717, 1.165) is 51.0 Å². The summed E-state index contributed by atoms with van der Waals surface area (Å²) in [7, 11) is 2.11. The Hall–Kier alpha value is -3.52. The van der Waals surface area contributed by atoms with Crippen molar-refractivity contribution in [2.45, 2.75) is 25.3 Å². The van der Waals surface area contributed by atoms with E-state index in [1.807, 2.05) is 18.2 Å². The second kappa shape index (κ2) is 10.4. The number of likely N-dealkylation sites (N-methyl/N-ethyl adjacent to an activating group) is 1. The predicted molar refractivity (Wildman–Crippen MR) is 123 cm³/mol. The zero-order chi connectivity index (χ0) is 23.2. The topological polar surface area (TPSA) is 113 Å². The summed E-state index contributed by atoms with van der Waals surface area (Å²) in [6.07, 6.45) is 4.24. The lowest BCUT2D eigenvalue weighted by molar-refractivity contribution is -0.131. The molecule has 1 atom stereocenters. The van der Waals surface area contributed by atoms with Crippen LogP contribution in [-0.2, 0) is 4.79 Å². The number of piperazine rings is 1. The Kier molecular flexibility index (Phi) is 7.14. The molecule has 1 amide bonds. The van der Waals surface area contributed by atoms with E-state index in [9.17, 15) is 9.18 Å². The minimum absolute atomic E-state index is 0.0779. The standard InChI is InChI=1S/C22H28FN9O/c1-30-9-11-31(12-10-30)19-5-4-16(13-25-19)28-22-26-14-18(23)21(29-22)27-17-3-2-8-32(15-17)20(33)6-7-24/h4-5,13-14,17H,2-3,6,8-12,15H2,1H3,(H2,26,27,28,29). The summed E-state index contributed by atoms with van der Waals surface area (Å²) in [5.41, 5.74) is 0.705. The zero-order valence-electron chi connectivity index (χ0n) is 18.7. The molecule has 1 unspecified atom stereocenters. The van der Waals surface area contributed by atoms with Gasteiger partial charge in [-0.15, -0.1) is 0 Å². The molecule has 0 spiro atoms. The fourth-order valence-corrected chi connectivity index (χ4v) is 4.03. The number of pyridine rings is 1. The van der Waals surface area contributed by atoms with Crippen molar-refractivity contribution in [2.75, 3.05) is 61.8 Å². The Morgan fingerprint density at radius 1 is 1.21 bits per heavy atom. The average molecular weight is 454 g/mol. The van der Waals surface area contributed by atoms with Crippen LogP contribution in [0.25, 0.3) is 0 Å². The van der Waals surface area contributed by atoms with Gasteiger partial charge in [-0.1, -0.05) is 0 Å². The SMILES string of the molecule is CN1CCN(c2ccc(Nc3ncc(F)c(NC4CCCN(C(=O)CC#N)C4)n3)cn2)CC1. The fourth-order valence-electron chi connectivity index (χ4n) is 4.03. The van der Waals surface area contributed by atoms with Crippen LogP contribution in [0.1, 0.15) is 19.3 Å². The molecular formula is C22H28FN9O. The number of halogens is 1. The first-order valence-corrected chi connectivity index (χ1v) is 11.1. The molecule has 4 rings (SSSR count). The Morgan fingerprint density at radius 3 is 2.76 bits per heavy atom. The molecule has 4 heterocycles. The highest BCUT2D eigenvalue weighted by atomic mass is 19.1. The van der Waals surface area contributed by atoms with E-state index in [2.05, 4.69) is 42.4 Å². The minimum Gasteiger partial charge on any atom is -0.363 e. The van der Waals surface area contributed by atoms with Crippen molar-refractivity contribution < 1.29 is 9.18 Å². The van der Waals surface area contributed by atoms with Crippen molar-refractivity contribution in [3.05, 3.63) is 30.3 Å². The van der Waals surface area contributed by atoms with E-state index < -0.39 is 5.82 Å². The number of amides is 1. The molecule has 0 radical (unpaired) electrons. The van der Waals surface area contributed by atoms with E-state index >= 15 is 0 Å². The van der Waals surface area contributed by atoms with Crippen molar-refractivity contribution >= 4 is 29.2 Å². The summed E-state index contributed by atoms with van der Waals surface area (Å²) in [6, 6.07) is 5.59. The summed E-state index contributed by atoms with van der Waals surface area (Å²) in [6.45, 7) is 4.90. The Bertz CT molecular complexity index is 1000. The number of nitriles is 1. The van der Waals surface area contributed by atoms with Crippen molar-refractivity contribution in [3.63, 3.8) is 0 Å². The number of carbonyl (C=O) groups is 1. The molecule has 2 saturated heterocycles. The second-order valence-electron chi connectivity index (χ2n) is 8.37. The number of carbonyl (C=O) groups excluding carboxylic acids is 1. The van der Waals surface area contributed by atoms with Gasteiger partial charge in [-0.3, -0.25) is 4.79 Å². The zero-order valence-corrected chi connectivity index (χ0v) is 18.7. The van der Waals surface area contributed by atoms with Crippen LogP contribution < -0.4 is 15.5 Å². The fraction of sp³-hybridized carbons (Fsp3) is 0.500. The van der Waals surface area contributed by atoms with Crippen molar-refractivity contribution in [3.8, 4) is 6.07 Å². The molecule has 11 heteroatoms. The van der Waals surface area contributed by atoms with Crippen LogP contribution in [0.5, 0.6) is 0 Å². The summed E-state index contributed by atoms with van der Waals surface area (Å²) < 4.78 is 14.4. The lowest BCUT2D eigenvalue weighted by Crippen LogP contribution is -2.45. The van der Waals surface area contributed by atoms with Crippen molar-refractivity contribution in [1.82, 2.24) is 24.8 Å². The molecule has 2 fully saturated rings. The lowest BCUT2D eigenvalue weighted by Gasteiger charge is -2.33. The van der Waals surface area contributed by atoms with Crippen LogP contribution >= 0.6 is 0 Å². The lowest BCUT2D eigenvalue weighted by atomic mass is 10.1. The molecule has 33 heavy (non-hydrogen) atoms. The number of nitrogens with zero attached hydrogens (tertiary/aromatic N) is 7.